The van der Waals surface area contributed by atoms with Crippen LogP contribution in [0.5, 0.6) is 0 Å². The Morgan fingerprint density at radius 1 is 1.33 bits per heavy atom. The maximum Gasteiger partial charge on any atom is 0.0196 e. The first-order valence-electron chi connectivity index (χ1n) is 1.77. The Morgan fingerprint density at radius 3 is 2.33 bits per heavy atom. The first-order chi connectivity index (χ1) is 2.89. The van der Waals surface area contributed by atoms with Gasteiger partial charge in [0.25, 0.3) is 0 Å². The zero-order chi connectivity index (χ0) is 4.41. The topological polar surface area (TPSA) is 0 Å². The first kappa shape index (κ1) is 4.13. The van der Waals surface area contributed by atoms with Crippen molar-refractivity contribution in [3.8, 4) is 0 Å². The second kappa shape index (κ2) is 1.61. The fraction of sp³-hybridized carbons (Fsp3) is 0. The zero-order valence-corrected chi connectivity index (χ0v) is 4.77. The normalized spacial score (nSPS) is 18.5. The Bertz CT molecular complexity index is 101. The summed E-state index contributed by atoms with van der Waals surface area (Å²) in [4.78, 5) is 0. The summed E-state index contributed by atoms with van der Waals surface area (Å²) < 4.78 is 1.16. The van der Waals surface area contributed by atoms with Gasteiger partial charge in [-0.3, -0.25) is 0 Å². The molecule has 31 valence electrons. The van der Waals surface area contributed by atoms with E-state index < -0.39 is 0 Å². The summed E-state index contributed by atoms with van der Waals surface area (Å²) >= 11 is 3.28. The highest BCUT2D eigenvalue weighted by atomic mass is 79.9. The lowest BCUT2D eigenvalue weighted by Crippen LogP contribution is -1.53. The van der Waals surface area contributed by atoms with Crippen molar-refractivity contribution in [1.82, 2.24) is 0 Å². The third-order valence-electron chi connectivity index (χ3n) is 0.622. The van der Waals surface area contributed by atoms with Crippen molar-refractivity contribution >= 4 is 15.9 Å². The van der Waals surface area contributed by atoms with Crippen LogP contribution in [0.25, 0.3) is 0 Å². The number of hydrogen-bond donors (Lipinski definition) is 0. The zero-order valence-electron chi connectivity index (χ0n) is 3.19. The lowest BCUT2D eigenvalue weighted by Gasteiger charge is -1.74. The van der Waals surface area contributed by atoms with E-state index in [9.17, 15) is 0 Å². The Labute approximate surface area is 45.7 Å². The summed E-state index contributed by atoms with van der Waals surface area (Å²) in [5.41, 5.74) is 0. The maximum absolute atomic E-state index is 3.28. The minimum atomic E-state index is 1.16. The van der Waals surface area contributed by atoms with Crippen molar-refractivity contribution in [3.63, 3.8) is 0 Å². The number of halogens is 1. The van der Waals surface area contributed by atoms with E-state index in [4.69, 9.17) is 0 Å². The van der Waals surface area contributed by atoms with Gasteiger partial charge in [-0.1, -0.05) is 34.2 Å². The molecule has 0 aliphatic heterocycles. The van der Waals surface area contributed by atoms with Gasteiger partial charge < -0.3 is 0 Å². The fourth-order valence-corrected chi connectivity index (χ4v) is 0.656. The Hall–Kier alpha value is -0.0400. The molecular weight excluding hydrogens is 140 g/mol. The van der Waals surface area contributed by atoms with Crippen LogP contribution in [0.3, 0.4) is 0 Å². The van der Waals surface area contributed by atoms with Gasteiger partial charge in [-0.2, -0.15) is 0 Å². The molecule has 6 heavy (non-hydrogen) atoms. The standard InChI is InChI=1S/C5H4Br/c6-5-3-1-2-4-5/h1-4H. The molecule has 0 fully saturated rings. The maximum atomic E-state index is 3.28. The van der Waals surface area contributed by atoms with Gasteiger partial charge in [-0.05, 0) is 0 Å². The summed E-state index contributed by atoms with van der Waals surface area (Å²) in [5.74, 6) is 0. The van der Waals surface area contributed by atoms with Crippen molar-refractivity contribution < 1.29 is 0 Å². The number of hydrogen-bond acceptors (Lipinski definition) is 0. The minimum Gasteiger partial charge on any atom is -0.0755 e. The molecule has 1 aliphatic rings. The van der Waals surface area contributed by atoms with E-state index >= 15 is 0 Å². The lowest BCUT2D eigenvalue weighted by atomic mass is 10.5. The Balaban J connectivity index is 2.61. The molecule has 0 heterocycles. The van der Waals surface area contributed by atoms with Crippen molar-refractivity contribution in [2.24, 2.45) is 0 Å². The molecule has 1 heteroatoms. The summed E-state index contributed by atoms with van der Waals surface area (Å²) in [6.07, 6.45) is 7.98. The van der Waals surface area contributed by atoms with E-state index in [2.05, 4.69) is 15.9 Å². The fourth-order valence-electron chi connectivity index (χ4n) is 0.351. The molecule has 1 rings (SSSR count). The quantitative estimate of drug-likeness (QED) is 0.487. The SMILES string of the molecule is BrC1=CC=C[CH]1. The third-order valence-corrected chi connectivity index (χ3v) is 1.15. The highest BCUT2D eigenvalue weighted by Gasteiger charge is 1.89. The molecule has 0 nitrogen and oxygen atoms in total. The third kappa shape index (κ3) is 0.716. The van der Waals surface area contributed by atoms with E-state index in [1.807, 2.05) is 24.6 Å². The van der Waals surface area contributed by atoms with Crippen LogP contribution in [0.15, 0.2) is 22.7 Å². The second-order valence-corrected chi connectivity index (χ2v) is 2.02. The lowest BCUT2D eigenvalue weighted by molar-refractivity contribution is 1.83. The molecule has 0 amide bonds. The van der Waals surface area contributed by atoms with E-state index in [1.165, 1.54) is 0 Å². The molecule has 0 saturated heterocycles. The highest BCUT2D eigenvalue weighted by molar-refractivity contribution is 9.11. The summed E-state index contributed by atoms with van der Waals surface area (Å²) in [5, 5.41) is 0. The van der Waals surface area contributed by atoms with Gasteiger partial charge in [-0.25, -0.2) is 0 Å². The van der Waals surface area contributed by atoms with Crippen molar-refractivity contribution in [2.75, 3.05) is 0 Å². The summed E-state index contributed by atoms with van der Waals surface area (Å²) in [6, 6.07) is 0. The number of allylic oxidation sites excluding steroid dienone is 4. The van der Waals surface area contributed by atoms with Gasteiger partial charge >= 0.3 is 0 Å². The smallest absolute Gasteiger partial charge is 0.0196 e. The molecule has 0 unspecified atom stereocenters. The molecular formula is C5H4Br. The second-order valence-electron chi connectivity index (χ2n) is 1.10. The van der Waals surface area contributed by atoms with Crippen molar-refractivity contribution in [1.29, 1.82) is 0 Å². The average Bonchev–Trinajstić information content (AvgIpc) is 1.86. The highest BCUT2D eigenvalue weighted by Crippen LogP contribution is 2.14. The van der Waals surface area contributed by atoms with Gasteiger partial charge in [0.05, 0.1) is 0 Å². The van der Waals surface area contributed by atoms with Gasteiger partial charge in [0.15, 0.2) is 0 Å². The monoisotopic (exact) mass is 143 g/mol. The van der Waals surface area contributed by atoms with Crippen LogP contribution in [0.2, 0.25) is 0 Å². The largest absolute Gasteiger partial charge is 0.0755 e. The Morgan fingerprint density at radius 2 is 2.17 bits per heavy atom. The molecule has 0 aromatic rings. The van der Waals surface area contributed by atoms with Crippen LogP contribution < -0.4 is 0 Å². The molecule has 0 aromatic carbocycles. The van der Waals surface area contributed by atoms with E-state index in [1.54, 1.807) is 0 Å². The van der Waals surface area contributed by atoms with E-state index in [0.717, 1.165) is 4.48 Å². The first-order valence-corrected chi connectivity index (χ1v) is 2.56. The van der Waals surface area contributed by atoms with Gasteiger partial charge in [0.1, 0.15) is 0 Å². The number of rotatable bonds is 0. The molecule has 0 N–H and O–H groups in total. The van der Waals surface area contributed by atoms with Crippen LogP contribution in [0.4, 0.5) is 0 Å². The van der Waals surface area contributed by atoms with Crippen LogP contribution in [0, 0.1) is 6.42 Å². The van der Waals surface area contributed by atoms with Gasteiger partial charge in [0, 0.05) is 10.9 Å². The molecule has 0 saturated carbocycles. The molecule has 1 radical (unpaired) electrons. The molecule has 0 aromatic heterocycles. The van der Waals surface area contributed by atoms with Gasteiger partial charge in [0.2, 0.25) is 0 Å². The van der Waals surface area contributed by atoms with Crippen LogP contribution >= 0.6 is 15.9 Å². The molecule has 0 spiro atoms. The van der Waals surface area contributed by atoms with Crippen LogP contribution in [0.1, 0.15) is 0 Å². The summed E-state index contributed by atoms with van der Waals surface area (Å²) in [7, 11) is 0. The molecule has 0 atom stereocenters. The Kier molecular flexibility index (Phi) is 1.10. The van der Waals surface area contributed by atoms with E-state index in [0.29, 0.717) is 0 Å². The van der Waals surface area contributed by atoms with Crippen LogP contribution in [-0.4, -0.2) is 0 Å². The molecule has 1 aliphatic carbocycles. The predicted octanol–water partition coefficient (Wildman–Crippen LogP) is 2.04. The minimum absolute atomic E-state index is 1.16. The van der Waals surface area contributed by atoms with Gasteiger partial charge in [-0.15, -0.1) is 0 Å². The molecule has 0 bridgehead atoms. The summed E-state index contributed by atoms with van der Waals surface area (Å²) in [6.45, 7) is 0. The van der Waals surface area contributed by atoms with E-state index in [-0.39, 0.29) is 0 Å². The predicted molar refractivity (Wildman–Crippen MR) is 30.4 cm³/mol. The van der Waals surface area contributed by atoms with Crippen molar-refractivity contribution in [2.45, 2.75) is 0 Å². The van der Waals surface area contributed by atoms with Crippen molar-refractivity contribution in [3.05, 3.63) is 29.1 Å². The average molecular weight is 144 g/mol. The van der Waals surface area contributed by atoms with Crippen LogP contribution in [-0.2, 0) is 0 Å².